The molecule has 0 saturated heterocycles. The van der Waals surface area contributed by atoms with E-state index >= 15 is 0 Å². The summed E-state index contributed by atoms with van der Waals surface area (Å²) in [6, 6.07) is 0.605. The summed E-state index contributed by atoms with van der Waals surface area (Å²) in [5, 5.41) is 11.0. The van der Waals surface area contributed by atoms with Crippen LogP contribution in [0, 0.1) is 5.92 Å². The highest BCUT2D eigenvalue weighted by Gasteiger charge is 2.16. The number of nitrogens with zero attached hydrogens (tertiary/aromatic N) is 2. The van der Waals surface area contributed by atoms with Gasteiger partial charge in [-0.05, 0) is 12.8 Å². The molecule has 0 aliphatic heterocycles. The van der Waals surface area contributed by atoms with Gasteiger partial charge < -0.3 is 20.2 Å². The quantitative estimate of drug-likeness (QED) is 0.708. The van der Waals surface area contributed by atoms with Crippen molar-refractivity contribution in [1.82, 2.24) is 10.2 Å². The molecule has 1 heterocycles. The Balaban J connectivity index is 2.52. The van der Waals surface area contributed by atoms with Crippen molar-refractivity contribution in [3.8, 4) is 0 Å². The summed E-state index contributed by atoms with van der Waals surface area (Å²) < 4.78 is 10.8. The summed E-state index contributed by atoms with van der Waals surface area (Å²) in [5.41, 5.74) is 5.42. The lowest BCUT2D eigenvalue weighted by Gasteiger charge is -2.20. The molecule has 0 saturated carbocycles. The van der Waals surface area contributed by atoms with E-state index in [1.165, 1.54) is 0 Å². The summed E-state index contributed by atoms with van der Waals surface area (Å²) in [7, 11) is 0. The van der Waals surface area contributed by atoms with Crippen LogP contribution in [0.5, 0.6) is 0 Å². The van der Waals surface area contributed by atoms with Gasteiger partial charge in [0.2, 0.25) is 5.89 Å². The zero-order valence-corrected chi connectivity index (χ0v) is 10.8. The Morgan fingerprint density at radius 2 is 2.18 bits per heavy atom. The van der Waals surface area contributed by atoms with Crippen LogP contribution in [-0.2, 0) is 11.2 Å². The number of hydrogen-bond acceptors (Lipinski definition) is 6. The van der Waals surface area contributed by atoms with E-state index in [4.69, 9.17) is 14.9 Å². The fourth-order valence-corrected chi connectivity index (χ4v) is 1.34. The van der Waals surface area contributed by atoms with Crippen molar-refractivity contribution < 1.29 is 9.15 Å². The minimum Gasteiger partial charge on any atom is -0.408 e. The number of anilines is 1. The first-order valence-electron chi connectivity index (χ1n) is 6.04. The SMILES string of the molecule is CCOCC(Nc1nnc(CCN)o1)C(C)C. The number of hydrogen-bond donors (Lipinski definition) is 2. The Morgan fingerprint density at radius 3 is 2.76 bits per heavy atom. The van der Waals surface area contributed by atoms with Gasteiger partial charge in [0.15, 0.2) is 0 Å². The molecule has 6 nitrogen and oxygen atoms in total. The first kappa shape index (κ1) is 13.9. The molecule has 1 aromatic rings. The van der Waals surface area contributed by atoms with E-state index in [0.29, 0.717) is 44.0 Å². The van der Waals surface area contributed by atoms with Gasteiger partial charge in [0, 0.05) is 19.6 Å². The number of nitrogens with one attached hydrogen (secondary N) is 1. The molecule has 0 aliphatic carbocycles. The van der Waals surface area contributed by atoms with Crippen molar-refractivity contribution in [1.29, 1.82) is 0 Å². The van der Waals surface area contributed by atoms with E-state index in [2.05, 4.69) is 29.4 Å². The van der Waals surface area contributed by atoms with Crippen molar-refractivity contribution in [2.24, 2.45) is 11.7 Å². The summed E-state index contributed by atoms with van der Waals surface area (Å²) in [6.45, 7) is 8.05. The Kier molecular flexibility index (Phi) is 5.93. The monoisotopic (exact) mass is 242 g/mol. The minimum absolute atomic E-state index is 0.168. The molecule has 0 fully saturated rings. The van der Waals surface area contributed by atoms with E-state index in [-0.39, 0.29) is 6.04 Å². The van der Waals surface area contributed by atoms with Crippen LogP contribution in [0.4, 0.5) is 6.01 Å². The Morgan fingerprint density at radius 1 is 1.41 bits per heavy atom. The van der Waals surface area contributed by atoms with Gasteiger partial charge in [0.1, 0.15) is 0 Å². The fourth-order valence-electron chi connectivity index (χ4n) is 1.34. The summed E-state index contributed by atoms with van der Waals surface area (Å²) >= 11 is 0. The maximum absolute atomic E-state index is 5.42. The molecule has 0 spiro atoms. The van der Waals surface area contributed by atoms with Gasteiger partial charge in [-0.25, -0.2) is 0 Å². The lowest BCUT2D eigenvalue weighted by atomic mass is 10.1. The van der Waals surface area contributed by atoms with Crippen molar-refractivity contribution in [2.75, 3.05) is 25.1 Å². The minimum atomic E-state index is 0.168. The summed E-state index contributed by atoms with van der Waals surface area (Å²) in [4.78, 5) is 0. The lowest BCUT2D eigenvalue weighted by Crippen LogP contribution is -2.31. The van der Waals surface area contributed by atoms with Gasteiger partial charge >= 0.3 is 6.01 Å². The van der Waals surface area contributed by atoms with Gasteiger partial charge in [-0.3, -0.25) is 0 Å². The molecule has 0 aliphatic rings. The number of nitrogens with two attached hydrogens (primary N) is 1. The average molecular weight is 242 g/mol. The second-order valence-electron chi connectivity index (χ2n) is 4.19. The molecule has 0 aromatic carbocycles. The zero-order chi connectivity index (χ0) is 12.7. The first-order chi connectivity index (χ1) is 8.17. The highest BCUT2D eigenvalue weighted by Crippen LogP contribution is 2.12. The molecule has 0 amide bonds. The molecule has 6 heteroatoms. The lowest BCUT2D eigenvalue weighted by molar-refractivity contribution is 0.126. The van der Waals surface area contributed by atoms with Gasteiger partial charge in [0.25, 0.3) is 0 Å². The first-order valence-corrected chi connectivity index (χ1v) is 6.04. The van der Waals surface area contributed by atoms with E-state index in [0.717, 1.165) is 0 Å². The molecule has 1 unspecified atom stereocenters. The molecule has 17 heavy (non-hydrogen) atoms. The van der Waals surface area contributed by atoms with Crippen LogP contribution in [0.25, 0.3) is 0 Å². The molecule has 98 valence electrons. The normalized spacial score (nSPS) is 13.0. The third-order valence-electron chi connectivity index (χ3n) is 2.44. The smallest absolute Gasteiger partial charge is 0.315 e. The fraction of sp³-hybridized carbons (Fsp3) is 0.818. The van der Waals surface area contributed by atoms with Crippen LogP contribution in [0.2, 0.25) is 0 Å². The molecular weight excluding hydrogens is 220 g/mol. The van der Waals surface area contributed by atoms with E-state index < -0.39 is 0 Å². The predicted molar refractivity (Wildman–Crippen MR) is 65.8 cm³/mol. The molecule has 3 N–H and O–H groups in total. The van der Waals surface area contributed by atoms with Crippen molar-refractivity contribution in [2.45, 2.75) is 33.2 Å². The molecule has 1 atom stereocenters. The number of aromatic nitrogens is 2. The van der Waals surface area contributed by atoms with Crippen molar-refractivity contribution >= 4 is 6.01 Å². The summed E-state index contributed by atoms with van der Waals surface area (Å²) in [6.07, 6.45) is 0.604. The maximum atomic E-state index is 5.42. The summed E-state index contributed by atoms with van der Waals surface area (Å²) in [5.74, 6) is 0.986. The zero-order valence-electron chi connectivity index (χ0n) is 10.8. The van der Waals surface area contributed by atoms with Gasteiger partial charge in [-0.1, -0.05) is 18.9 Å². The third-order valence-corrected chi connectivity index (χ3v) is 2.44. The van der Waals surface area contributed by atoms with Crippen LogP contribution in [0.15, 0.2) is 4.42 Å². The topological polar surface area (TPSA) is 86.2 Å². The standard InChI is InChI=1S/C11H22N4O2/c1-4-16-7-9(8(2)3)13-11-15-14-10(17-11)5-6-12/h8-9H,4-7,12H2,1-3H3,(H,13,15). The Labute approximate surface area is 102 Å². The highest BCUT2D eigenvalue weighted by molar-refractivity contribution is 5.19. The average Bonchev–Trinajstić information content (AvgIpc) is 2.72. The van der Waals surface area contributed by atoms with E-state index in [9.17, 15) is 0 Å². The molecular formula is C11H22N4O2. The Hall–Kier alpha value is -1.14. The largest absolute Gasteiger partial charge is 0.408 e. The molecule has 0 bridgehead atoms. The third kappa shape index (κ3) is 4.70. The van der Waals surface area contributed by atoms with Gasteiger partial charge in [-0.15, -0.1) is 5.10 Å². The van der Waals surface area contributed by atoms with Crippen LogP contribution in [0.1, 0.15) is 26.7 Å². The predicted octanol–water partition coefficient (Wildman–Crippen LogP) is 1.04. The molecule has 0 radical (unpaired) electrons. The van der Waals surface area contributed by atoms with Crippen LogP contribution < -0.4 is 11.1 Å². The van der Waals surface area contributed by atoms with Crippen LogP contribution in [0.3, 0.4) is 0 Å². The van der Waals surface area contributed by atoms with Crippen LogP contribution >= 0.6 is 0 Å². The molecule has 1 aromatic heterocycles. The van der Waals surface area contributed by atoms with Gasteiger partial charge in [0.05, 0.1) is 12.6 Å². The van der Waals surface area contributed by atoms with Crippen molar-refractivity contribution in [3.63, 3.8) is 0 Å². The second kappa shape index (κ2) is 7.24. The van der Waals surface area contributed by atoms with Gasteiger partial charge in [-0.2, -0.15) is 0 Å². The number of rotatable bonds is 8. The van der Waals surface area contributed by atoms with Crippen molar-refractivity contribution in [3.05, 3.63) is 5.89 Å². The van der Waals surface area contributed by atoms with E-state index in [1.54, 1.807) is 0 Å². The van der Waals surface area contributed by atoms with E-state index in [1.807, 2.05) is 6.92 Å². The molecule has 1 rings (SSSR count). The van der Waals surface area contributed by atoms with Crippen LogP contribution in [-0.4, -0.2) is 36.0 Å². The Bertz CT molecular complexity index is 314. The highest BCUT2D eigenvalue weighted by atomic mass is 16.5. The maximum Gasteiger partial charge on any atom is 0.315 e. The second-order valence-corrected chi connectivity index (χ2v) is 4.19. The number of ether oxygens (including phenoxy) is 1.